The van der Waals surface area contributed by atoms with Crippen molar-refractivity contribution in [1.29, 1.82) is 0 Å². The first-order valence-corrected chi connectivity index (χ1v) is 7.06. The topological polar surface area (TPSA) is 67.6 Å². The van der Waals surface area contributed by atoms with Crippen LogP contribution in [-0.2, 0) is 9.53 Å². The molecular weight excluding hydrogens is 262 g/mol. The number of piperidine rings is 1. The zero-order chi connectivity index (χ0) is 14.7. The summed E-state index contributed by atoms with van der Waals surface area (Å²) in [6.45, 7) is 5.44. The van der Waals surface area contributed by atoms with Crippen molar-refractivity contribution in [3.05, 3.63) is 0 Å². The monoisotopic (exact) mass is 287 g/mol. The Balaban J connectivity index is 2.86. The molecule has 0 aromatic rings. The lowest BCUT2D eigenvalue weighted by molar-refractivity contribution is -0.143. The SMILES string of the molecule is CCC(C)(OC)C(=O)NC1(C(N)=S)CCN(C)CC1. The number of amides is 1. The van der Waals surface area contributed by atoms with Gasteiger partial charge in [0.05, 0.1) is 10.5 Å². The number of ether oxygens (including phenoxy) is 1. The van der Waals surface area contributed by atoms with Crippen molar-refractivity contribution in [2.75, 3.05) is 27.2 Å². The molecule has 1 saturated heterocycles. The highest BCUT2D eigenvalue weighted by molar-refractivity contribution is 7.80. The van der Waals surface area contributed by atoms with Crippen LogP contribution in [0.5, 0.6) is 0 Å². The molecule has 1 aliphatic heterocycles. The third kappa shape index (κ3) is 3.43. The molecule has 0 bridgehead atoms. The van der Waals surface area contributed by atoms with E-state index in [1.54, 1.807) is 14.0 Å². The number of nitrogens with one attached hydrogen (secondary N) is 1. The summed E-state index contributed by atoms with van der Waals surface area (Å²) in [6.07, 6.45) is 2.09. The highest BCUT2D eigenvalue weighted by Gasteiger charge is 2.42. The molecule has 5 nitrogen and oxygen atoms in total. The van der Waals surface area contributed by atoms with Crippen LogP contribution < -0.4 is 11.1 Å². The molecule has 0 aliphatic carbocycles. The Morgan fingerprint density at radius 2 is 2.05 bits per heavy atom. The Labute approximate surface area is 120 Å². The number of hydrogen-bond donors (Lipinski definition) is 2. The second-order valence-electron chi connectivity index (χ2n) is 5.49. The van der Waals surface area contributed by atoms with Crippen LogP contribution in [0.2, 0.25) is 0 Å². The van der Waals surface area contributed by atoms with Gasteiger partial charge >= 0.3 is 0 Å². The number of thiocarbonyl (C=S) groups is 1. The maximum atomic E-state index is 12.4. The molecule has 1 unspecified atom stereocenters. The van der Waals surface area contributed by atoms with Crippen LogP contribution in [0.3, 0.4) is 0 Å². The third-order valence-corrected chi connectivity index (χ3v) is 4.66. The van der Waals surface area contributed by atoms with Crippen LogP contribution in [0.1, 0.15) is 33.1 Å². The van der Waals surface area contributed by atoms with Gasteiger partial charge in [-0.25, -0.2) is 0 Å². The molecule has 1 atom stereocenters. The summed E-state index contributed by atoms with van der Waals surface area (Å²) in [7, 11) is 3.60. The predicted octanol–water partition coefficient (Wildman–Crippen LogP) is 0.668. The fourth-order valence-corrected chi connectivity index (χ4v) is 2.44. The molecule has 1 amide bonds. The highest BCUT2D eigenvalue weighted by Crippen LogP contribution is 2.24. The summed E-state index contributed by atoms with van der Waals surface area (Å²) >= 11 is 5.18. The minimum Gasteiger partial charge on any atom is -0.391 e. The van der Waals surface area contributed by atoms with E-state index in [2.05, 4.69) is 17.3 Å². The number of likely N-dealkylation sites (tertiary alicyclic amines) is 1. The lowest BCUT2D eigenvalue weighted by Crippen LogP contribution is -2.64. The van der Waals surface area contributed by atoms with E-state index in [4.69, 9.17) is 22.7 Å². The van der Waals surface area contributed by atoms with Gasteiger partial charge in [0.25, 0.3) is 5.91 Å². The highest BCUT2D eigenvalue weighted by atomic mass is 32.1. The first-order valence-electron chi connectivity index (χ1n) is 6.66. The van der Waals surface area contributed by atoms with E-state index in [0.717, 1.165) is 25.9 Å². The van der Waals surface area contributed by atoms with E-state index in [9.17, 15) is 4.79 Å². The standard InChI is InChI=1S/C13H25N3O2S/c1-5-12(2,18-4)11(17)15-13(10(14)19)6-8-16(3)9-7-13/h5-9H2,1-4H3,(H2,14,19)(H,15,17). The van der Waals surface area contributed by atoms with E-state index in [-0.39, 0.29) is 5.91 Å². The molecular formula is C13H25N3O2S. The largest absolute Gasteiger partial charge is 0.391 e. The van der Waals surface area contributed by atoms with Crippen molar-refractivity contribution in [3.63, 3.8) is 0 Å². The number of nitrogens with two attached hydrogens (primary N) is 1. The summed E-state index contributed by atoms with van der Waals surface area (Å²) in [6, 6.07) is 0. The van der Waals surface area contributed by atoms with E-state index < -0.39 is 11.1 Å². The minimum atomic E-state index is -0.832. The quantitative estimate of drug-likeness (QED) is 0.728. The van der Waals surface area contributed by atoms with Gasteiger partial charge in [0.15, 0.2) is 0 Å². The molecule has 1 fully saturated rings. The lowest BCUT2D eigenvalue weighted by atomic mass is 9.86. The molecule has 0 aromatic heterocycles. The van der Waals surface area contributed by atoms with Gasteiger partial charge in [0.1, 0.15) is 5.60 Å². The van der Waals surface area contributed by atoms with E-state index in [1.165, 1.54) is 0 Å². The fraction of sp³-hybridized carbons (Fsp3) is 0.846. The van der Waals surface area contributed by atoms with Crippen LogP contribution in [-0.4, -0.2) is 54.2 Å². The normalized spacial score (nSPS) is 22.5. The molecule has 6 heteroatoms. The van der Waals surface area contributed by atoms with Crippen molar-refractivity contribution < 1.29 is 9.53 Å². The van der Waals surface area contributed by atoms with Crippen molar-refractivity contribution in [3.8, 4) is 0 Å². The number of carbonyl (C=O) groups excluding carboxylic acids is 1. The third-order valence-electron chi connectivity index (χ3n) is 4.27. The molecule has 1 rings (SSSR count). The van der Waals surface area contributed by atoms with Gasteiger partial charge < -0.3 is 20.7 Å². The minimum absolute atomic E-state index is 0.144. The van der Waals surface area contributed by atoms with E-state index in [1.807, 2.05) is 6.92 Å². The molecule has 0 aromatic carbocycles. The van der Waals surface area contributed by atoms with Gasteiger partial charge in [-0.3, -0.25) is 4.79 Å². The Hall–Kier alpha value is -0.720. The first-order chi connectivity index (χ1) is 8.79. The Bertz CT molecular complexity index is 348. The van der Waals surface area contributed by atoms with Crippen molar-refractivity contribution in [2.45, 2.75) is 44.2 Å². The maximum Gasteiger partial charge on any atom is 0.252 e. The molecule has 110 valence electrons. The second-order valence-corrected chi connectivity index (χ2v) is 5.93. The van der Waals surface area contributed by atoms with Crippen LogP contribution >= 0.6 is 12.2 Å². The second kappa shape index (κ2) is 6.15. The average Bonchev–Trinajstić information content (AvgIpc) is 2.40. The Kier molecular flexibility index (Phi) is 5.29. The molecule has 1 aliphatic rings. The van der Waals surface area contributed by atoms with E-state index >= 15 is 0 Å². The van der Waals surface area contributed by atoms with Crippen LogP contribution in [0.25, 0.3) is 0 Å². The maximum absolute atomic E-state index is 12.4. The van der Waals surface area contributed by atoms with Gasteiger partial charge in [-0.1, -0.05) is 19.1 Å². The lowest BCUT2D eigenvalue weighted by Gasteiger charge is -2.42. The van der Waals surface area contributed by atoms with Crippen LogP contribution in [0.4, 0.5) is 0 Å². The predicted molar refractivity (Wildman–Crippen MR) is 80.1 cm³/mol. The summed E-state index contributed by atoms with van der Waals surface area (Å²) in [5.74, 6) is -0.144. The molecule has 0 radical (unpaired) electrons. The molecule has 3 N–H and O–H groups in total. The van der Waals surface area contributed by atoms with Gasteiger partial charge in [0.2, 0.25) is 0 Å². The number of hydrogen-bond acceptors (Lipinski definition) is 4. The first kappa shape index (κ1) is 16.3. The smallest absolute Gasteiger partial charge is 0.252 e. The zero-order valence-corrected chi connectivity index (χ0v) is 13.1. The average molecular weight is 287 g/mol. The van der Waals surface area contributed by atoms with E-state index in [0.29, 0.717) is 11.4 Å². The van der Waals surface area contributed by atoms with Crippen LogP contribution in [0.15, 0.2) is 0 Å². The van der Waals surface area contributed by atoms with Gasteiger partial charge in [-0.15, -0.1) is 0 Å². The summed E-state index contributed by atoms with van der Waals surface area (Å²) < 4.78 is 5.33. The van der Waals surface area contributed by atoms with Gasteiger partial charge in [-0.2, -0.15) is 0 Å². The van der Waals surface area contributed by atoms with Crippen molar-refractivity contribution >= 4 is 23.1 Å². The summed E-state index contributed by atoms with van der Waals surface area (Å²) in [4.78, 5) is 15.0. The summed E-state index contributed by atoms with van der Waals surface area (Å²) in [5, 5.41) is 3.04. The molecule has 0 spiro atoms. The van der Waals surface area contributed by atoms with Crippen molar-refractivity contribution in [1.82, 2.24) is 10.2 Å². The summed E-state index contributed by atoms with van der Waals surface area (Å²) in [5.41, 5.74) is 4.47. The Morgan fingerprint density at radius 1 is 1.53 bits per heavy atom. The number of carbonyl (C=O) groups is 1. The zero-order valence-electron chi connectivity index (χ0n) is 12.3. The van der Waals surface area contributed by atoms with Crippen molar-refractivity contribution in [2.24, 2.45) is 5.73 Å². The number of nitrogens with zero attached hydrogens (tertiary/aromatic N) is 1. The number of rotatable bonds is 5. The molecule has 0 saturated carbocycles. The number of methoxy groups -OCH3 is 1. The molecule has 19 heavy (non-hydrogen) atoms. The fourth-order valence-electron chi connectivity index (χ4n) is 2.18. The van der Waals surface area contributed by atoms with Gasteiger partial charge in [-0.05, 0) is 33.2 Å². The molecule has 1 heterocycles. The van der Waals surface area contributed by atoms with Gasteiger partial charge in [0, 0.05) is 20.2 Å². The van der Waals surface area contributed by atoms with Crippen LogP contribution in [0, 0.1) is 0 Å². The Morgan fingerprint density at radius 3 is 2.42 bits per heavy atom.